The highest BCUT2D eigenvalue weighted by Gasteiger charge is 2.46. The molecule has 2 rings (SSSR count). The Labute approximate surface area is 108 Å². The predicted molar refractivity (Wildman–Crippen MR) is 68.0 cm³/mol. The summed E-state index contributed by atoms with van der Waals surface area (Å²) < 4.78 is 0. The van der Waals surface area contributed by atoms with Gasteiger partial charge in [0, 0.05) is 12.6 Å². The standard InChI is InChI=1S/C14H23NO3/c1-14(2,3)11-5-4-8-15(11)12(16)9-6-7-10(9)13(17)18/h9-11H,4-8H2,1-3H3,(H,17,18). The second kappa shape index (κ2) is 4.56. The van der Waals surface area contributed by atoms with E-state index in [1.165, 1.54) is 0 Å². The Hall–Kier alpha value is -1.06. The van der Waals surface area contributed by atoms with Crippen molar-refractivity contribution >= 4 is 11.9 Å². The average molecular weight is 253 g/mol. The van der Waals surface area contributed by atoms with Crippen LogP contribution in [0.2, 0.25) is 0 Å². The van der Waals surface area contributed by atoms with E-state index in [4.69, 9.17) is 5.11 Å². The molecule has 1 aliphatic heterocycles. The molecule has 1 amide bonds. The van der Waals surface area contributed by atoms with Crippen LogP contribution >= 0.6 is 0 Å². The van der Waals surface area contributed by atoms with Crippen molar-refractivity contribution in [1.82, 2.24) is 4.90 Å². The number of rotatable bonds is 2. The number of hydrogen-bond acceptors (Lipinski definition) is 2. The van der Waals surface area contributed by atoms with Crippen molar-refractivity contribution in [2.45, 2.75) is 52.5 Å². The van der Waals surface area contributed by atoms with Crippen molar-refractivity contribution < 1.29 is 14.7 Å². The molecule has 4 nitrogen and oxygen atoms in total. The largest absolute Gasteiger partial charge is 0.481 e. The van der Waals surface area contributed by atoms with E-state index in [2.05, 4.69) is 20.8 Å². The van der Waals surface area contributed by atoms with Gasteiger partial charge < -0.3 is 10.0 Å². The molecule has 0 aromatic rings. The van der Waals surface area contributed by atoms with Crippen molar-refractivity contribution in [3.8, 4) is 0 Å². The molecule has 0 aromatic carbocycles. The molecule has 4 heteroatoms. The minimum absolute atomic E-state index is 0.0751. The Morgan fingerprint density at radius 2 is 1.72 bits per heavy atom. The third kappa shape index (κ3) is 2.25. The van der Waals surface area contributed by atoms with Crippen molar-refractivity contribution in [3.05, 3.63) is 0 Å². The lowest BCUT2D eigenvalue weighted by atomic mass is 9.72. The zero-order valence-corrected chi connectivity index (χ0v) is 11.5. The number of carboxylic acid groups (broad SMARTS) is 1. The van der Waals surface area contributed by atoms with Gasteiger partial charge in [-0.3, -0.25) is 9.59 Å². The third-order valence-corrected chi connectivity index (χ3v) is 4.44. The number of carbonyl (C=O) groups excluding carboxylic acids is 1. The molecule has 102 valence electrons. The van der Waals surface area contributed by atoms with Gasteiger partial charge in [0.1, 0.15) is 0 Å². The summed E-state index contributed by atoms with van der Waals surface area (Å²) in [6.07, 6.45) is 3.47. The predicted octanol–water partition coefficient (Wildman–Crippen LogP) is 2.13. The van der Waals surface area contributed by atoms with Crippen LogP contribution in [0.1, 0.15) is 46.5 Å². The van der Waals surface area contributed by atoms with E-state index in [-0.39, 0.29) is 23.3 Å². The van der Waals surface area contributed by atoms with Gasteiger partial charge in [-0.1, -0.05) is 20.8 Å². The monoisotopic (exact) mass is 253 g/mol. The van der Waals surface area contributed by atoms with Crippen LogP contribution in [-0.2, 0) is 9.59 Å². The molecular weight excluding hydrogens is 230 g/mol. The maximum Gasteiger partial charge on any atom is 0.307 e. The molecule has 0 aromatic heterocycles. The van der Waals surface area contributed by atoms with Gasteiger partial charge in [-0.15, -0.1) is 0 Å². The minimum Gasteiger partial charge on any atom is -0.481 e. The quantitative estimate of drug-likeness (QED) is 0.820. The van der Waals surface area contributed by atoms with Crippen molar-refractivity contribution in [1.29, 1.82) is 0 Å². The Balaban J connectivity index is 2.07. The smallest absolute Gasteiger partial charge is 0.307 e. The summed E-state index contributed by atoms with van der Waals surface area (Å²) in [6.45, 7) is 7.25. The van der Waals surface area contributed by atoms with Gasteiger partial charge in [0.15, 0.2) is 0 Å². The molecule has 3 unspecified atom stereocenters. The van der Waals surface area contributed by atoms with Crippen molar-refractivity contribution in [3.63, 3.8) is 0 Å². The van der Waals surface area contributed by atoms with Gasteiger partial charge >= 0.3 is 5.97 Å². The fraction of sp³-hybridized carbons (Fsp3) is 0.857. The summed E-state index contributed by atoms with van der Waals surface area (Å²) in [5, 5.41) is 9.05. The second-order valence-electron chi connectivity index (χ2n) is 6.68. The number of aliphatic carboxylic acids is 1. The zero-order valence-electron chi connectivity index (χ0n) is 11.5. The number of carboxylic acids is 1. The van der Waals surface area contributed by atoms with Crippen LogP contribution in [0.15, 0.2) is 0 Å². The van der Waals surface area contributed by atoms with Gasteiger partial charge in [0.2, 0.25) is 5.91 Å². The molecular formula is C14H23NO3. The topological polar surface area (TPSA) is 57.6 Å². The van der Waals surface area contributed by atoms with E-state index >= 15 is 0 Å². The SMILES string of the molecule is CC(C)(C)C1CCCN1C(=O)C1CCC1C(=O)O. The third-order valence-electron chi connectivity index (χ3n) is 4.44. The van der Waals surface area contributed by atoms with Crippen molar-refractivity contribution in [2.75, 3.05) is 6.54 Å². The molecule has 1 saturated heterocycles. The molecule has 0 bridgehead atoms. The molecule has 1 saturated carbocycles. The van der Waals surface area contributed by atoms with Gasteiger partial charge in [-0.05, 0) is 31.1 Å². The van der Waals surface area contributed by atoms with Crippen LogP contribution in [0.4, 0.5) is 0 Å². The first-order chi connectivity index (χ1) is 8.32. The van der Waals surface area contributed by atoms with E-state index in [9.17, 15) is 9.59 Å². The maximum atomic E-state index is 12.5. The molecule has 18 heavy (non-hydrogen) atoms. The van der Waals surface area contributed by atoms with Crippen LogP contribution in [0.3, 0.4) is 0 Å². The van der Waals surface area contributed by atoms with E-state index in [0.29, 0.717) is 6.42 Å². The highest BCUT2D eigenvalue weighted by Crippen LogP contribution is 2.40. The molecule has 1 aliphatic carbocycles. The Kier molecular flexibility index (Phi) is 3.39. The molecule has 1 N–H and O–H groups in total. The van der Waals surface area contributed by atoms with E-state index in [1.54, 1.807) is 0 Å². The van der Waals surface area contributed by atoms with Crippen LogP contribution in [0.5, 0.6) is 0 Å². The summed E-state index contributed by atoms with van der Waals surface area (Å²) in [5.74, 6) is -1.46. The van der Waals surface area contributed by atoms with Crippen molar-refractivity contribution in [2.24, 2.45) is 17.3 Å². The summed E-state index contributed by atoms with van der Waals surface area (Å²) in [6, 6.07) is 0.264. The maximum absolute atomic E-state index is 12.5. The van der Waals surface area contributed by atoms with E-state index in [1.807, 2.05) is 4.90 Å². The lowest BCUT2D eigenvalue weighted by molar-refractivity contribution is -0.157. The summed E-state index contributed by atoms with van der Waals surface area (Å²) >= 11 is 0. The Bertz CT molecular complexity index is 359. The number of nitrogens with zero attached hydrogens (tertiary/aromatic N) is 1. The van der Waals surface area contributed by atoms with E-state index < -0.39 is 11.9 Å². The summed E-state index contributed by atoms with van der Waals surface area (Å²) in [7, 11) is 0. The zero-order chi connectivity index (χ0) is 13.5. The first kappa shape index (κ1) is 13.4. The Morgan fingerprint density at radius 1 is 1.11 bits per heavy atom. The van der Waals surface area contributed by atoms with Crippen LogP contribution in [0.25, 0.3) is 0 Å². The number of amides is 1. The Morgan fingerprint density at radius 3 is 2.17 bits per heavy atom. The van der Waals surface area contributed by atoms with Crippen LogP contribution in [0, 0.1) is 17.3 Å². The number of carbonyl (C=O) groups is 2. The number of likely N-dealkylation sites (tertiary alicyclic amines) is 1. The molecule has 2 fully saturated rings. The molecule has 2 aliphatic rings. The average Bonchev–Trinajstić information content (AvgIpc) is 2.61. The normalized spacial score (nSPS) is 32.2. The first-order valence-electron chi connectivity index (χ1n) is 6.85. The van der Waals surface area contributed by atoms with Crippen LogP contribution in [-0.4, -0.2) is 34.5 Å². The van der Waals surface area contributed by atoms with Gasteiger partial charge in [-0.2, -0.15) is 0 Å². The lowest BCUT2D eigenvalue weighted by Gasteiger charge is -2.40. The van der Waals surface area contributed by atoms with Gasteiger partial charge in [0.05, 0.1) is 11.8 Å². The highest BCUT2D eigenvalue weighted by atomic mass is 16.4. The minimum atomic E-state index is -0.814. The number of hydrogen-bond donors (Lipinski definition) is 1. The fourth-order valence-corrected chi connectivity index (χ4v) is 3.24. The van der Waals surface area contributed by atoms with E-state index in [0.717, 1.165) is 25.8 Å². The highest BCUT2D eigenvalue weighted by molar-refractivity contribution is 5.86. The summed E-state index contributed by atoms with van der Waals surface area (Å²) in [4.78, 5) is 25.4. The fourth-order valence-electron chi connectivity index (χ4n) is 3.24. The van der Waals surface area contributed by atoms with Gasteiger partial charge in [-0.25, -0.2) is 0 Å². The summed E-state index contributed by atoms with van der Waals surface area (Å²) in [5.41, 5.74) is 0.0780. The molecule has 1 heterocycles. The first-order valence-corrected chi connectivity index (χ1v) is 6.85. The second-order valence-corrected chi connectivity index (χ2v) is 6.68. The lowest BCUT2D eigenvalue weighted by Crippen LogP contribution is -2.50. The molecule has 3 atom stereocenters. The molecule has 0 spiro atoms. The molecule has 0 radical (unpaired) electrons. The van der Waals surface area contributed by atoms with Crippen LogP contribution < -0.4 is 0 Å². The van der Waals surface area contributed by atoms with Gasteiger partial charge in [0.25, 0.3) is 0 Å².